The van der Waals surface area contributed by atoms with Gasteiger partial charge in [0, 0.05) is 47.2 Å². The lowest BCUT2D eigenvalue weighted by atomic mass is 10.2. The van der Waals surface area contributed by atoms with Gasteiger partial charge in [0.05, 0.1) is 7.11 Å². The molecule has 0 radical (unpaired) electrons. The first-order valence-corrected chi connectivity index (χ1v) is 8.26. The van der Waals surface area contributed by atoms with Crippen molar-refractivity contribution in [1.29, 1.82) is 0 Å². The van der Waals surface area contributed by atoms with Crippen LogP contribution in [-0.4, -0.2) is 41.3 Å². The largest absolute Gasteiger partial charge is 0.507 e. The van der Waals surface area contributed by atoms with E-state index in [9.17, 15) is 5.11 Å². The second kappa shape index (κ2) is 7.16. The van der Waals surface area contributed by atoms with Crippen molar-refractivity contribution < 1.29 is 9.84 Å². The Morgan fingerprint density at radius 2 is 2.33 bits per heavy atom. The Morgan fingerprint density at radius 1 is 1.44 bits per heavy atom. The summed E-state index contributed by atoms with van der Waals surface area (Å²) in [7, 11) is 1.60. The monoisotopic (exact) mass is 285 g/mol. The third-order valence-corrected chi connectivity index (χ3v) is 5.71. The van der Waals surface area contributed by atoms with Gasteiger partial charge in [-0.1, -0.05) is 6.07 Å². The quantitative estimate of drug-likeness (QED) is 0.869. The van der Waals surface area contributed by atoms with Gasteiger partial charge < -0.3 is 15.2 Å². The standard InChI is InChI=1S/C13H19NO2S2/c1-16-11-3-2-10(13(15)6-11)7-14-8-12-9-17-4-5-18-12/h2-3,6,12,14-15H,4-5,7-9H2,1H3. The number of methoxy groups -OCH3 is 1. The molecule has 5 heteroatoms. The molecule has 1 aliphatic heterocycles. The Hall–Kier alpha value is -0.520. The number of rotatable bonds is 5. The normalized spacial score (nSPS) is 19.7. The van der Waals surface area contributed by atoms with E-state index in [1.807, 2.05) is 35.7 Å². The molecule has 1 saturated heterocycles. The van der Waals surface area contributed by atoms with Crippen molar-refractivity contribution in [1.82, 2.24) is 5.32 Å². The maximum Gasteiger partial charge on any atom is 0.123 e. The summed E-state index contributed by atoms with van der Waals surface area (Å²) < 4.78 is 5.06. The molecule has 1 aromatic rings. The zero-order chi connectivity index (χ0) is 12.8. The first-order valence-electron chi connectivity index (χ1n) is 6.05. The van der Waals surface area contributed by atoms with E-state index in [-0.39, 0.29) is 0 Å². The van der Waals surface area contributed by atoms with E-state index in [4.69, 9.17) is 4.74 Å². The molecule has 0 aliphatic carbocycles. The molecule has 1 unspecified atom stereocenters. The van der Waals surface area contributed by atoms with Gasteiger partial charge in [-0.15, -0.1) is 0 Å². The average Bonchev–Trinajstić information content (AvgIpc) is 2.42. The fourth-order valence-electron chi connectivity index (χ4n) is 1.84. The maximum atomic E-state index is 9.83. The van der Waals surface area contributed by atoms with E-state index >= 15 is 0 Å². The summed E-state index contributed by atoms with van der Waals surface area (Å²) in [5.41, 5.74) is 0.921. The molecular weight excluding hydrogens is 266 g/mol. The van der Waals surface area contributed by atoms with Crippen LogP contribution in [0, 0.1) is 0 Å². The highest BCUT2D eigenvalue weighted by atomic mass is 32.2. The summed E-state index contributed by atoms with van der Waals surface area (Å²) in [6, 6.07) is 5.44. The summed E-state index contributed by atoms with van der Waals surface area (Å²) in [5, 5.41) is 13.9. The van der Waals surface area contributed by atoms with Gasteiger partial charge in [0.15, 0.2) is 0 Å². The molecule has 1 fully saturated rings. The van der Waals surface area contributed by atoms with E-state index < -0.39 is 0 Å². The second-order valence-corrected chi connectivity index (χ2v) is 6.75. The van der Waals surface area contributed by atoms with Gasteiger partial charge in [-0.25, -0.2) is 0 Å². The molecule has 2 N–H and O–H groups in total. The molecule has 100 valence electrons. The predicted molar refractivity (Wildman–Crippen MR) is 79.9 cm³/mol. The van der Waals surface area contributed by atoms with Crippen LogP contribution in [0.1, 0.15) is 5.56 Å². The number of thioether (sulfide) groups is 2. The zero-order valence-electron chi connectivity index (χ0n) is 10.5. The second-order valence-electron chi connectivity index (χ2n) is 4.19. The SMILES string of the molecule is COc1ccc(CNCC2CSCCS2)c(O)c1. The van der Waals surface area contributed by atoms with E-state index in [0.29, 0.717) is 23.3 Å². The summed E-state index contributed by atoms with van der Waals surface area (Å²) >= 11 is 4.07. The van der Waals surface area contributed by atoms with E-state index in [1.165, 1.54) is 17.3 Å². The number of nitrogens with one attached hydrogen (secondary N) is 1. The van der Waals surface area contributed by atoms with Crippen LogP contribution in [0.25, 0.3) is 0 Å². The Morgan fingerprint density at radius 3 is 3.00 bits per heavy atom. The third kappa shape index (κ3) is 4.00. The predicted octanol–water partition coefficient (Wildman–Crippen LogP) is 2.34. The van der Waals surface area contributed by atoms with Crippen molar-refractivity contribution in [2.45, 2.75) is 11.8 Å². The molecule has 0 saturated carbocycles. The number of phenolic OH excluding ortho intramolecular Hbond substituents is 1. The zero-order valence-corrected chi connectivity index (χ0v) is 12.1. The lowest BCUT2D eigenvalue weighted by Crippen LogP contribution is -2.28. The van der Waals surface area contributed by atoms with Crippen molar-refractivity contribution in [3.8, 4) is 11.5 Å². The van der Waals surface area contributed by atoms with E-state index in [0.717, 1.165) is 12.1 Å². The van der Waals surface area contributed by atoms with Crippen LogP contribution in [-0.2, 0) is 6.54 Å². The van der Waals surface area contributed by atoms with Crippen LogP contribution in [0.3, 0.4) is 0 Å². The average molecular weight is 285 g/mol. The van der Waals surface area contributed by atoms with Crippen LogP contribution >= 0.6 is 23.5 Å². The molecule has 0 amide bonds. The van der Waals surface area contributed by atoms with E-state index in [2.05, 4.69) is 5.32 Å². The third-order valence-electron chi connectivity index (χ3n) is 2.86. The summed E-state index contributed by atoms with van der Waals surface area (Å²) in [5.74, 6) is 4.75. The molecule has 0 bridgehead atoms. The highest BCUT2D eigenvalue weighted by molar-refractivity contribution is 8.06. The fraction of sp³-hybridized carbons (Fsp3) is 0.538. The maximum absolute atomic E-state index is 9.83. The molecule has 3 nitrogen and oxygen atoms in total. The smallest absolute Gasteiger partial charge is 0.123 e. The van der Waals surface area contributed by atoms with Crippen molar-refractivity contribution in [2.75, 3.05) is 30.9 Å². The van der Waals surface area contributed by atoms with Crippen LogP contribution in [0.4, 0.5) is 0 Å². The number of phenols is 1. The number of ether oxygens (including phenoxy) is 1. The van der Waals surface area contributed by atoms with Gasteiger partial charge >= 0.3 is 0 Å². The van der Waals surface area contributed by atoms with Crippen molar-refractivity contribution in [3.63, 3.8) is 0 Å². The van der Waals surface area contributed by atoms with Gasteiger partial charge in [-0.2, -0.15) is 23.5 Å². The van der Waals surface area contributed by atoms with E-state index in [1.54, 1.807) is 13.2 Å². The summed E-state index contributed by atoms with van der Waals surface area (Å²) in [4.78, 5) is 0. The number of aromatic hydroxyl groups is 1. The van der Waals surface area contributed by atoms with Crippen LogP contribution in [0.2, 0.25) is 0 Å². The molecule has 1 aliphatic rings. The van der Waals surface area contributed by atoms with Crippen molar-refractivity contribution in [3.05, 3.63) is 23.8 Å². The van der Waals surface area contributed by atoms with Gasteiger partial charge in [0.1, 0.15) is 11.5 Å². The van der Waals surface area contributed by atoms with Crippen LogP contribution in [0.5, 0.6) is 11.5 Å². The Labute approximate surface area is 117 Å². The summed E-state index contributed by atoms with van der Waals surface area (Å²) in [6.07, 6.45) is 0. The molecule has 1 atom stereocenters. The van der Waals surface area contributed by atoms with Gasteiger partial charge in [-0.05, 0) is 6.07 Å². The molecule has 0 aromatic heterocycles. The van der Waals surface area contributed by atoms with Crippen molar-refractivity contribution >= 4 is 23.5 Å². The molecule has 18 heavy (non-hydrogen) atoms. The fourth-order valence-corrected chi connectivity index (χ4v) is 4.49. The molecule has 2 rings (SSSR count). The molecule has 1 heterocycles. The first kappa shape index (κ1) is 13.9. The number of hydrogen-bond donors (Lipinski definition) is 2. The number of benzene rings is 1. The minimum atomic E-state index is 0.299. The summed E-state index contributed by atoms with van der Waals surface area (Å²) in [6.45, 7) is 1.71. The highest BCUT2D eigenvalue weighted by Gasteiger charge is 2.13. The number of hydrogen-bond acceptors (Lipinski definition) is 5. The molecule has 1 aromatic carbocycles. The van der Waals surface area contributed by atoms with Gasteiger partial charge in [-0.3, -0.25) is 0 Å². The minimum Gasteiger partial charge on any atom is -0.507 e. The lowest BCUT2D eigenvalue weighted by Gasteiger charge is -2.21. The Balaban J connectivity index is 1.79. The van der Waals surface area contributed by atoms with Crippen molar-refractivity contribution in [2.24, 2.45) is 0 Å². The minimum absolute atomic E-state index is 0.299. The topological polar surface area (TPSA) is 41.5 Å². The first-order chi connectivity index (χ1) is 8.79. The Kier molecular flexibility index (Phi) is 5.53. The van der Waals surface area contributed by atoms with Crippen LogP contribution in [0.15, 0.2) is 18.2 Å². The highest BCUT2D eigenvalue weighted by Crippen LogP contribution is 2.25. The lowest BCUT2D eigenvalue weighted by molar-refractivity contribution is 0.406. The Bertz CT molecular complexity index is 381. The molecule has 0 spiro atoms. The van der Waals surface area contributed by atoms with Crippen LogP contribution < -0.4 is 10.1 Å². The van der Waals surface area contributed by atoms with Gasteiger partial charge in [0.2, 0.25) is 0 Å². The molecular formula is C13H19NO2S2. The van der Waals surface area contributed by atoms with Gasteiger partial charge in [0.25, 0.3) is 0 Å².